The molecule has 17 heavy (non-hydrogen) atoms. The maximum Gasteiger partial charge on any atom is 0.0688 e. The minimum atomic E-state index is -0.246. The monoisotopic (exact) mass is 231 g/mol. The van der Waals surface area contributed by atoms with Gasteiger partial charge in [-0.15, -0.1) is 0 Å². The molecule has 2 nitrogen and oxygen atoms in total. The van der Waals surface area contributed by atoms with E-state index in [1.165, 1.54) is 30.4 Å². The fourth-order valence-corrected chi connectivity index (χ4v) is 2.80. The number of aryl methyl sites for hydroxylation is 1. The van der Waals surface area contributed by atoms with Gasteiger partial charge in [0.05, 0.1) is 12.1 Å². The highest BCUT2D eigenvalue weighted by Gasteiger charge is 2.33. The van der Waals surface area contributed by atoms with Gasteiger partial charge in [0.25, 0.3) is 0 Å². The number of fused-ring (bicyclic) bond motifs is 1. The van der Waals surface area contributed by atoms with E-state index in [1.807, 2.05) is 0 Å². The second-order valence-corrected chi connectivity index (χ2v) is 5.63. The highest BCUT2D eigenvalue weighted by Crippen LogP contribution is 2.34. The first-order valence-corrected chi connectivity index (χ1v) is 6.73. The Hall–Kier alpha value is -0.860. The van der Waals surface area contributed by atoms with Gasteiger partial charge in [-0.25, -0.2) is 0 Å². The summed E-state index contributed by atoms with van der Waals surface area (Å²) in [5.41, 5.74) is 9.03. The third kappa shape index (κ3) is 2.38. The molecule has 92 valence electrons. The van der Waals surface area contributed by atoms with Crippen molar-refractivity contribution in [3.63, 3.8) is 0 Å². The first kappa shape index (κ1) is 11.2. The summed E-state index contributed by atoms with van der Waals surface area (Å²) in [5, 5.41) is 0. The molecule has 1 aromatic rings. The third-order valence-corrected chi connectivity index (χ3v) is 4.03. The fourth-order valence-electron chi connectivity index (χ4n) is 2.80. The lowest BCUT2D eigenvalue weighted by atomic mass is 9.78. The van der Waals surface area contributed by atoms with Gasteiger partial charge in [0, 0.05) is 6.61 Å². The van der Waals surface area contributed by atoms with E-state index in [0.717, 1.165) is 25.4 Å². The number of ether oxygens (including phenoxy) is 1. The molecule has 0 aromatic heterocycles. The maximum atomic E-state index is 6.55. The summed E-state index contributed by atoms with van der Waals surface area (Å²) in [6.45, 7) is 1.58. The zero-order chi connectivity index (χ0) is 11.7. The molecule has 0 saturated heterocycles. The number of nitrogens with two attached hydrogens (primary N) is 1. The SMILES string of the molecule is NC1(COCC2CC2)CCCc2ccccc21. The second kappa shape index (κ2) is 4.43. The van der Waals surface area contributed by atoms with E-state index in [1.54, 1.807) is 0 Å². The molecule has 1 fully saturated rings. The Kier molecular flexibility index (Phi) is 2.93. The molecular formula is C15H21NO. The molecule has 2 aliphatic rings. The Morgan fingerprint density at radius 2 is 2.12 bits per heavy atom. The van der Waals surface area contributed by atoms with Gasteiger partial charge in [0.1, 0.15) is 0 Å². The zero-order valence-corrected chi connectivity index (χ0v) is 10.3. The van der Waals surface area contributed by atoms with Crippen LogP contribution >= 0.6 is 0 Å². The van der Waals surface area contributed by atoms with Crippen LogP contribution in [0.2, 0.25) is 0 Å². The van der Waals surface area contributed by atoms with Crippen LogP contribution in [0.5, 0.6) is 0 Å². The Balaban J connectivity index is 1.72. The second-order valence-electron chi connectivity index (χ2n) is 5.63. The molecule has 3 rings (SSSR count). The Bertz CT molecular complexity index is 400. The van der Waals surface area contributed by atoms with Gasteiger partial charge in [0.2, 0.25) is 0 Å². The molecule has 0 heterocycles. The van der Waals surface area contributed by atoms with E-state index in [4.69, 9.17) is 10.5 Å². The van der Waals surface area contributed by atoms with Crippen LogP contribution in [0, 0.1) is 5.92 Å². The number of rotatable bonds is 4. The summed E-state index contributed by atoms with van der Waals surface area (Å²) < 4.78 is 5.83. The normalized spacial score (nSPS) is 27.8. The quantitative estimate of drug-likeness (QED) is 0.864. The van der Waals surface area contributed by atoms with E-state index in [0.29, 0.717) is 6.61 Å². The van der Waals surface area contributed by atoms with E-state index in [2.05, 4.69) is 24.3 Å². The first-order valence-electron chi connectivity index (χ1n) is 6.73. The van der Waals surface area contributed by atoms with Crippen LogP contribution in [0.4, 0.5) is 0 Å². The lowest BCUT2D eigenvalue weighted by Crippen LogP contribution is -2.44. The van der Waals surface area contributed by atoms with Crippen molar-refractivity contribution in [1.29, 1.82) is 0 Å². The van der Waals surface area contributed by atoms with Crippen molar-refractivity contribution < 1.29 is 4.74 Å². The molecule has 0 radical (unpaired) electrons. The molecule has 1 aromatic carbocycles. The summed E-state index contributed by atoms with van der Waals surface area (Å²) in [6, 6.07) is 8.58. The highest BCUT2D eigenvalue weighted by molar-refractivity contribution is 5.35. The smallest absolute Gasteiger partial charge is 0.0688 e. The van der Waals surface area contributed by atoms with E-state index in [-0.39, 0.29) is 5.54 Å². The van der Waals surface area contributed by atoms with Gasteiger partial charge in [-0.05, 0) is 49.1 Å². The van der Waals surface area contributed by atoms with Crippen LogP contribution in [0.1, 0.15) is 36.8 Å². The molecule has 0 aliphatic heterocycles. The van der Waals surface area contributed by atoms with E-state index < -0.39 is 0 Å². The van der Waals surface area contributed by atoms with Crippen molar-refractivity contribution in [3.05, 3.63) is 35.4 Å². The van der Waals surface area contributed by atoms with Crippen molar-refractivity contribution in [2.45, 2.75) is 37.6 Å². The van der Waals surface area contributed by atoms with Crippen LogP contribution in [0.3, 0.4) is 0 Å². The molecular weight excluding hydrogens is 210 g/mol. The average molecular weight is 231 g/mol. The minimum absolute atomic E-state index is 0.246. The number of hydrogen-bond acceptors (Lipinski definition) is 2. The Morgan fingerprint density at radius 1 is 1.29 bits per heavy atom. The molecule has 0 bridgehead atoms. The van der Waals surface area contributed by atoms with Gasteiger partial charge in [-0.1, -0.05) is 24.3 Å². The van der Waals surface area contributed by atoms with Crippen LogP contribution in [-0.4, -0.2) is 13.2 Å². The van der Waals surface area contributed by atoms with Gasteiger partial charge in [-0.2, -0.15) is 0 Å². The molecule has 2 N–H and O–H groups in total. The zero-order valence-electron chi connectivity index (χ0n) is 10.3. The van der Waals surface area contributed by atoms with Crippen molar-refractivity contribution >= 4 is 0 Å². The predicted octanol–water partition coefficient (Wildman–Crippen LogP) is 2.60. The molecule has 1 unspecified atom stereocenters. The van der Waals surface area contributed by atoms with Crippen LogP contribution in [0.25, 0.3) is 0 Å². The van der Waals surface area contributed by atoms with Crippen molar-refractivity contribution in [1.82, 2.24) is 0 Å². The Morgan fingerprint density at radius 3 is 2.94 bits per heavy atom. The van der Waals surface area contributed by atoms with Gasteiger partial charge in [-0.3, -0.25) is 0 Å². The van der Waals surface area contributed by atoms with Crippen molar-refractivity contribution in [2.75, 3.05) is 13.2 Å². The number of hydrogen-bond donors (Lipinski definition) is 1. The van der Waals surface area contributed by atoms with Crippen LogP contribution in [0.15, 0.2) is 24.3 Å². The van der Waals surface area contributed by atoms with Crippen LogP contribution in [-0.2, 0) is 16.7 Å². The summed E-state index contributed by atoms with van der Waals surface area (Å²) >= 11 is 0. The summed E-state index contributed by atoms with van der Waals surface area (Å²) in [6.07, 6.45) is 6.08. The van der Waals surface area contributed by atoms with Gasteiger partial charge in [0.15, 0.2) is 0 Å². The van der Waals surface area contributed by atoms with E-state index in [9.17, 15) is 0 Å². The van der Waals surface area contributed by atoms with Crippen molar-refractivity contribution in [2.24, 2.45) is 11.7 Å². The highest BCUT2D eigenvalue weighted by atomic mass is 16.5. The molecule has 2 aliphatic carbocycles. The van der Waals surface area contributed by atoms with Crippen LogP contribution < -0.4 is 5.73 Å². The molecule has 0 spiro atoms. The summed E-state index contributed by atoms with van der Waals surface area (Å²) in [4.78, 5) is 0. The lowest BCUT2D eigenvalue weighted by Gasteiger charge is -2.35. The fraction of sp³-hybridized carbons (Fsp3) is 0.600. The molecule has 1 atom stereocenters. The molecule has 0 amide bonds. The first-order chi connectivity index (χ1) is 8.28. The van der Waals surface area contributed by atoms with E-state index >= 15 is 0 Å². The predicted molar refractivity (Wildman–Crippen MR) is 68.8 cm³/mol. The molecule has 1 saturated carbocycles. The largest absolute Gasteiger partial charge is 0.379 e. The summed E-state index contributed by atoms with van der Waals surface area (Å²) in [5.74, 6) is 0.817. The third-order valence-electron chi connectivity index (χ3n) is 4.03. The lowest BCUT2D eigenvalue weighted by molar-refractivity contribution is 0.0692. The maximum absolute atomic E-state index is 6.55. The average Bonchev–Trinajstić information content (AvgIpc) is 3.14. The topological polar surface area (TPSA) is 35.2 Å². The summed E-state index contributed by atoms with van der Waals surface area (Å²) in [7, 11) is 0. The van der Waals surface area contributed by atoms with Gasteiger partial charge < -0.3 is 10.5 Å². The molecule has 2 heteroatoms. The Labute approximate surface area is 103 Å². The van der Waals surface area contributed by atoms with Crippen molar-refractivity contribution in [3.8, 4) is 0 Å². The van der Waals surface area contributed by atoms with Gasteiger partial charge >= 0.3 is 0 Å². The number of benzene rings is 1. The minimum Gasteiger partial charge on any atom is -0.379 e. The standard InChI is InChI=1S/C15H21NO/c16-15(11-17-10-12-7-8-12)9-3-5-13-4-1-2-6-14(13)15/h1-2,4,6,12H,3,5,7-11,16H2.